The molecule has 0 saturated carbocycles. The zero-order chi connectivity index (χ0) is 15.7. The Bertz CT molecular complexity index is 439. The fourth-order valence-corrected chi connectivity index (χ4v) is 2.44. The second-order valence-electron chi connectivity index (χ2n) is 5.04. The summed E-state index contributed by atoms with van der Waals surface area (Å²) < 4.78 is 0. The van der Waals surface area contributed by atoms with Crippen LogP contribution in [0.15, 0.2) is 24.5 Å². The van der Waals surface area contributed by atoms with Crippen molar-refractivity contribution < 1.29 is 19.9 Å². The summed E-state index contributed by atoms with van der Waals surface area (Å²) in [5.41, 5.74) is 1.05. The van der Waals surface area contributed by atoms with Gasteiger partial charge in [0.05, 0.1) is 12.0 Å². The minimum Gasteiger partial charge on any atom is -0.481 e. The Morgan fingerprint density at radius 1 is 1.48 bits per heavy atom. The van der Waals surface area contributed by atoms with E-state index in [0.29, 0.717) is 30.7 Å². The van der Waals surface area contributed by atoms with Gasteiger partial charge in [-0.05, 0) is 37.3 Å². The van der Waals surface area contributed by atoms with Crippen LogP contribution in [0.2, 0.25) is 0 Å². The molecule has 0 aliphatic heterocycles. The first-order valence-corrected chi connectivity index (χ1v) is 7.14. The van der Waals surface area contributed by atoms with Gasteiger partial charge >= 0.3 is 5.97 Å². The Balaban J connectivity index is 2.63. The summed E-state index contributed by atoms with van der Waals surface area (Å²) in [6.07, 6.45) is 6.66. The average Bonchev–Trinajstić information content (AvgIpc) is 2.50. The van der Waals surface area contributed by atoms with Crippen molar-refractivity contribution in [2.45, 2.75) is 45.1 Å². The maximum atomic E-state index is 11.4. The minimum atomic E-state index is -0.986. The molecule has 0 bridgehead atoms. The second-order valence-corrected chi connectivity index (χ2v) is 5.04. The van der Waals surface area contributed by atoms with Crippen LogP contribution >= 0.6 is 0 Å². The van der Waals surface area contributed by atoms with Gasteiger partial charge in [0.1, 0.15) is 0 Å². The molecule has 0 aromatic carbocycles. The molecule has 0 spiro atoms. The van der Waals surface area contributed by atoms with Crippen molar-refractivity contribution in [3.05, 3.63) is 30.1 Å². The predicted octanol–water partition coefficient (Wildman–Crippen LogP) is 2.12. The van der Waals surface area contributed by atoms with E-state index in [9.17, 15) is 19.9 Å². The lowest BCUT2D eigenvalue weighted by atomic mass is 9.90. The third-order valence-electron chi connectivity index (χ3n) is 3.52. The maximum Gasteiger partial charge on any atom is 0.308 e. The monoisotopic (exact) mass is 294 g/mol. The number of carboxylic acids is 1. The fourth-order valence-electron chi connectivity index (χ4n) is 2.44. The Morgan fingerprint density at radius 3 is 2.76 bits per heavy atom. The molecule has 2 atom stereocenters. The Labute approximate surface area is 124 Å². The van der Waals surface area contributed by atoms with Crippen LogP contribution in [0.4, 0.5) is 0 Å². The molecule has 116 valence electrons. The number of hydrogen-bond donors (Lipinski definition) is 2. The van der Waals surface area contributed by atoms with Gasteiger partial charge in [0.15, 0.2) is 0 Å². The Morgan fingerprint density at radius 2 is 2.24 bits per heavy atom. The average molecular weight is 294 g/mol. The van der Waals surface area contributed by atoms with Gasteiger partial charge in [-0.2, -0.15) is 0 Å². The van der Waals surface area contributed by atoms with Crippen LogP contribution in [0.3, 0.4) is 0 Å². The zero-order valence-corrected chi connectivity index (χ0v) is 12.2. The molecule has 2 N–H and O–H groups in total. The van der Waals surface area contributed by atoms with Crippen LogP contribution in [-0.4, -0.2) is 38.8 Å². The SMILES string of the molecule is CCC[C@@H]([C@@H](CCCc1cccnc1)C(=O)O)N(O)C=O. The van der Waals surface area contributed by atoms with E-state index < -0.39 is 17.9 Å². The number of carbonyl (C=O) groups excluding carboxylic acids is 1. The van der Waals surface area contributed by atoms with E-state index in [4.69, 9.17) is 0 Å². The quantitative estimate of drug-likeness (QED) is 0.392. The molecule has 1 aromatic heterocycles. The number of nitrogens with zero attached hydrogens (tertiary/aromatic N) is 2. The van der Waals surface area contributed by atoms with Crippen LogP contribution in [-0.2, 0) is 16.0 Å². The van der Waals surface area contributed by atoms with Gasteiger partial charge in [-0.1, -0.05) is 19.4 Å². The molecule has 0 radical (unpaired) electrons. The van der Waals surface area contributed by atoms with Crippen molar-refractivity contribution in [2.24, 2.45) is 5.92 Å². The third kappa shape index (κ3) is 5.51. The number of hydrogen-bond acceptors (Lipinski definition) is 4. The number of carboxylic acid groups (broad SMARTS) is 1. The number of aryl methyl sites for hydroxylation is 1. The normalized spacial score (nSPS) is 13.4. The molecular weight excluding hydrogens is 272 g/mol. The van der Waals surface area contributed by atoms with Gasteiger partial charge in [0.25, 0.3) is 0 Å². The summed E-state index contributed by atoms with van der Waals surface area (Å²) in [5.74, 6) is -1.75. The number of carbonyl (C=O) groups is 2. The van der Waals surface area contributed by atoms with E-state index in [-0.39, 0.29) is 6.41 Å². The molecule has 0 saturated heterocycles. The maximum absolute atomic E-state index is 11.4. The highest BCUT2D eigenvalue weighted by Crippen LogP contribution is 2.21. The highest BCUT2D eigenvalue weighted by Gasteiger charge is 2.31. The molecule has 1 heterocycles. The third-order valence-corrected chi connectivity index (χ3v) is 3.52. The number of aliphatic carboxylic acids is 1. The summed E-state index contributed by atoms with van der Waals surface area (Å²) in [6.45, 7) is 1.89. The summed E-state index contributed by atoms with van der Waals surface area (Å²) in [5, 5.41) is 19.4. The molecule has 6 heteroatoms. The van der Waals surface area contributed by atoms with Gasteiger partial charge in [-0.25, -0.2) is 5.06 Å². The van der Waals surface area contributed by atoms with E-state index in [1.807, 2.05) is 19.1 Å². The van der Waals surface area contributed by atoms with Gasteiger partial charge < -0.3 is 5.11 Å². The number of pyridine rings is 1. The highest BCUT2D eigenvalue weighted by atomic mass is 16.5. The molecule has 6 nitrogen and oxygen atoms in total. The van der Waals surface area contributed by atoms with Crippen LogP contribution in [0.25, 0.3) is 0 Å². The van der Waals surface area contributed by atoms with Gasteiger partial charge in [0, 0.05) is 12.4 Å². The number of amides is 1. The van der Waals surface area contributed by atoms with E-state index in [0.717, 1.165) is 12.0 Å². The van der Waals surface area contributed by atoms with E-state index in [1.54, 1.807) is 12.4 Å². The second kappa shape index (κ2) is 9.07. The van der Waals surface area contributed by atoms with Crippen LogP contribution in [0.5, 0.6) is 0 Å². The predicted molar refractivity (Wildman–Crippen MR) is 76.7 cm³/mol. The zero-order valence-electron chi connectivity index (χ0n) is 12.2. The van der Waals surface area contributed by atoms with Crippen LogP contribution in [0, 0.1) is 5.92 Å². The molecule has 21 heavy (non-hydrogen) atoms. The highest BCUT2D eigenvalue weighted by molar-refractivity contribution is 5.71. The lowest BCUT2D eigenvalue weighted by Crippen LogP contribution is -2.41. The van der Waals surface area contributed by atoms with Crippen LogP contribution in [0.1, 0.15) is 38.2 Å². The van der Waals surface area contributed by atoms with Crippen molar-refractivity contribution in [3.8, 4) is 0 Å². The Kier molecular flexibility index (Phi) is 7.39. The fraction of sp³-hybridized carbons (Fsp3) is 0.533. The van der Waals surface area contributed by atoms with Crippen molar-refractivity contribution in [3.63, 3.8) is 0 Å². The summed E-state index contributed by atoms with van der Waals surface area (Å²) in [7, 11) is 0. The van der Waals surface area contributed by atoms with Gasteiger partial charge in [0.2, 0.25) is 6.41 Å². The lowest BCUT2D eigenvalue weighted by Gasteiger charge is -2.27. The first-order chi connectivity index (χ1) is 10.1. The van der Waals surface area contributed by atoms with Crippen LogP contribution < -0.4 is 0 Å². The molecule has 1 amide bonds. The first-order valence-electron chi connectivity index (χ1n) is 7.14. The number of hydroxylamine groups is 2. The minimum absolute atomic E-state index is 0.275. The molecule has 0 fully saturated rings. The molecule has 0 unspecified atom stereocenters. The summed E-state index contributed by atoms with van der Waals surface area (Å²) in [4.78, 5) is 26.1. The number of aromatic nitrogens is 1. The molecule has 0 aliphatic carbocycles. The summed E-state index contributed by atoms with van der Waals surface area (Å²) in [6, 6.07) is 3.10. The van der Waals surface area contributed by atoms with E-state index >= 15 is 0 Å². The lowest BCUT2D eigenvalue weighted by molar-refractivity contribution is -0.173. The standard InChI is InChI=1S/C15H22N2O4/c1-2-5-14(17(21)11-18)13(15(19)20)8-3-6-12-7-4-9-16-10-12/h4,7,9-11,13-14,21H,2-3,5-6,8H2,1H3,(H,19,20)/t13-,14+/m1/s1. The van der Waals surface area contributed by atoms with E-state index in [1.165, 1.54) is 0 Å². The van der Waals surface area contributed by atoms with Gasteiger partial charge in [-0.15, -0.1) is 0 Å². The Hall–Kier alpha value is -1.95. The first kappa shape index (κ1) is 17.1. The smallest absolute Gasteiger partial charge is 0.308 e. The largest absolute Gasteiger partial charge is 0.481 e. The summed E-state index contributed by atoms with van der Waals surface area (Å²) >= 11 is 0. The van der Waals surface area contributed by atoms with Gasteiger partial charge in [-0.3, -0.25) is 19.8 Å². The molecular formula is C15H22N2O4. The van der Waals surface area contributed by atoms with E-state index in [2.05, 4.69) is 4.98 Å². The van der Waals surface area contributed by atoms with Crippen molar-refractivity contribution in [1.82, 2.24) is 10.0 Å². The topological polar surface area (TPSA) is 90.7 Å². The van der Waals surface area contributed by atoms with Crippen molar-refractivity contribution >= 4 is 12.4 Å². The molecule has 1 aromatic rings. The van der Waals surface area contributed by atoms with Crippen molar-refractivity contribution in [1.29, 1.82) is 0 Å². The molecule has 1 rings (SSSR count). The molecule has 0 aliphatic rings. The van der Waals surface area contributed by atoms with Crippen molar-refractivity contribution in [2.75, 3.05) is 0 Å². The number of rotatable bonds is 10.